The van der Waals surface area contributed by atoms with Crippen LogP contribution in [0.15, 0.2) is 59.7 Å². The fraction of sp³-hybridized carbons (Fsp3) is 0.188. The molecule has 3 nitrogen and oxygen atoms in total. The first-order chi connectivity index (χ1) is 9.20. The minimum absolute atomic E-state index is 0.0577. The van der Waals surface area contributed by atoms with Crippen LogP contribution in [0, 0.1) is 0 Å². The number of rotatable bonds is 5. The maximum Gasteiger partial charge on any atom is 0.226 e. The van der Waals surface area contributed by atoms with Gasteiger partial charge in [-0.15, -0.1) is 0 Å². The van der Waals surface area contributed by atoms with E-state index in [9.17, 15) is 0 Å². The number of allylic oxidation sites excluding steroid dienone is 4. The van der Waals surface area contributed by atoms with Crippen LogP contribution in [0.3, 0.4) is 0 Å². The van der Waals surface area contributed by atoms with Gasteiger partial charge in [-0.1, -0.05) is 30.9 Å². The van der Waals surface area contributed by atoms with Crippen molar-refractivity contribution in [2.75, 3.05) is 0 Å². The van der Waals surface area contributed by atoms with E-state index >= 15 is 0 Å². The van der Waals surface area contributed by atoms with Gasteiger partial charge in [0.1, 0.15) is 5.76 Å². The second kappa shape index (κ2) is 6.16. The Morgan fingerprint density at radius 2 is 2.42 bits per heavy atom. The average molecular weight is 254 g/mol. The van der Waals surface area contributed by atoms with Crippen LogP contribution in [0.25, 0.3) is 16.7 Å². The maximum atomic E-state index is 5.75. The molecular formula is C16H18N2O. The van der Waals surface area contributed by atoms with E-state index in [0.29, 0.717) is 5.71 Å². The van der Waals surface area contributed by atoms with E-state index in [1.807, 2.05) is 43.4 Å². The number of pyridine rings is 1. The van der Waals surface area contributed by atoms with Crippen LogP contribution in [-0.2, 0) is 0 Å². The standard InChI is InChI=1S/C16H18N2O/c1-3-6-13(8-4-7-12(2)17)15-11-14-9-5-10-18-16(14)19-15/h3-7,9-12H,1,8,17H2,2H3/b7-4-,13-6+. The van der Waals surface area contributed by atoms with Gasteiger partial charge in [-0.2, -0.15) is 0 Å². The van der Waals surface area contributed by atoms with Gasteiger partial charge in [0.2, 0.25) is 5.71 Å². The molecule has 2 heterocycles. The third-order valence-corrected chi connectivity index (χ3v) is 2.71. The van der Waals surface area contributed by atoms with Gasteiger partial charge in [0.05, 0.1) is 0 Å². The Labute approximate surface area is 113 Å². The molecule has 0 saturated carbocycles. The molecule has 1 atom stereocenters. The van der Waals surface area contributed by atoms with Crippen LogP contribution >= 0.6 is 0 Å². The van der Waals surface area contributed by atoms with Crippen molar-refractivity contribution in [3.05, 3.63) is 61.0 Å². The second-order valence-electron chi connectivity index (χ2n) is 4.43. The van der Waals surface area contributed by atoms with Crippen LogP contribution in [0.5, 0.6) is 0 Å². The molecule has 0 aliphatic heterocycles. The number of nitrogens with zero attached hydrogens (tertiary/aromatic N) is 1. The monoisotopic (exact) mass is 254 g/mol. The maximum absolute atomic E-state index is 5.75. The zero-order valence-electron chi connectivity index (χ0n) is 11.0. The lowest BCUT2D eigenvalue weighted by Gasteiger charge is -2.00. The molecule has 2 N–H and O–H groups in total. The second-order valence-corrected chi connectivity index (χ2v) is 4.43. The largest absolute Gasteiger partial charge is 0.438 e. The summed E-state index contributed by atoms with van der Waals surface area (Å²) in [6.07, 6.45) is 10.2. The highest BCUT2D eigenvalue weighted by atomic mass is 16.3. The minimum Gasteiger partial charge on any atom is -0.438 e. The fourth-order valence-corrected chi connectivity index (χ4v) is 1.83. The van der Waals surface area contributed by atoms with Crippen LogP contribution in [0.1, 0.15) is 19.1 Å². The van der Waals surface area contributed by atoms with E-state index in [1.54, 1.807) is 12.3 Å². The van der Waals surface area contributed by atoms with Crippen molar-refractivity contribution in [3.63, 3.8) is 0 Å². The summed E-state index contributed by atoms with van der Waals surface area (Å²) in [6.45, 7) is 5.68. The molecule has 0 aliphatic rings. The Morgan fingerprint density at radius 3 is 3.11 bits per heavy atom. The molecule has 2 rings (SSSR count). The highest BCUT2D eigenvalue weighted by Gasteiger charge is 2.07. The highest BCUT2D eigenvalue weighted by molar-refractivity contribution is 5.79. The zero-order chi connectivity index (χ0) is 13.7. The van der Waals surface area contributed by atoms with Crippen LogP contribution in [-0.4, -0.2) is 11.0 Å². The summed E-state index contributed by atoms with van der Waals surface area (Å²) in [6, 6.07) is 5.94. The SMILES string of the molecule is C=C/C=C(\C/C=C\C(C)N)c1cc2cccnc2o1. The van der Waals surface area contributed by atoms with Crippen molar-refractivity contribution in [3.8, 4) is 0 Å². The third kappa shape index (κ3) is 3.42. The van der Waals surface area contributed by atoms with Crippen LogP contribution in [0.2, 0.25) is 0 Å². The highest BCUT2D eigenvalue weighted by Crippen LogP contribution is 2.25. The molecular weight excluding hydrogens is 236 g/mol. The van der Waals surface area contributed by atoms with Gasteiger partial charge in [-0.3, -0.25) is 0 Å². The number of aromatic nitrogens is 1. The number of nitrogens with two attached hydrogens (primary N) is 1. The van der Waals surface area contributed by atoms with E-state index in [1.165, 1.54) is 0 Å². The predicted molar refractivity (Wildman–Crippen MR) is 79.6 cm³/mol. The van der Waals surface area contributed by atoms with Gasteiger partial charge in [-0.05, 0) is 37.1 Å². The zero-order valence-corrected chi connectivity index (χ0v) is 11.0. The van der Waals surface area contributed by atoms with E-state index in [2.05, 4.69) is 11.6 Å². The number of furan rings is 1. The van der Waals surface area contributed by atoms with Crippen molar-refractivity contribution in [1.29, 1.82) is 0 Å². The number of hydrogen-bond donors (Lipinski definition) is 1. The van der Waals surface area contributed by atoms with E-state index in [-0.39, 0.29) is 6.04 Å². The van der Waals surface area contributed by atoms with Crippen molar-refractivity contribution >= 4 is 16.7 Å². The summed E-state index contributed by atoms with van der Waals surface area (Å²) >= 11 is 0. The van der Waals surface area contributed by atoms with Crippen molar-refractivity contribution < 1.29 is 4.42 Å². The molecule has 98 valence electrons. The normalized spacial score (nSPS) is 14.1. The average Bonchev–Trinajstić information content (AvgIpc) is 2.81. The van der Waals surface area contributed by atoms with E-state index in [4.69, 9.17) is 10.2 Å². The molecule has 0 spiro atoms. The summed E-state index contributed by atoms with van der Waals surface area (Å²) in [5.41, 5.74) is 7.41. The molecule has 0 aliphatic carbocycles. The lowest BCUT2D eigenvalue weighted by atomic mass is 10.1. The molecule has 19 heavy (non-hydrogen) atoms. The number of fused-ring (bicyclic) bond motifs is 1. The third-order valence-electron chi connectivity index (χ3n) is 2.71. The Kier molecular flexibility index (Phi) is 4.31. The minimum atomic E-state index is 0.0577. The first-order valence-electron chi connectivity index (χ1n) is 6.29. The topological polar surface area (TPSA) is 52.0 Å². The van der Waals surface area contributed by atoms with Crippen molar-refractivity contribution in [2.24, 2.45) is 5.73 Å². The molecule has 0 bridgehead atoms. The van der Waals surface area contributed by atoms with Gasteiger partial charge in [0.15, 0.2) is 0 Å². The van der Waals surface area contributed by atoms with Gasteiger partial charge in [0.25, 0.3) is 0 Å². The number of hydrogen-bond acceptors (Lipinski definition) is 3. The van der Waals surface area contributed by atoms with Crippen molar-refractivity contribution in [1.82, 2.24) is 4.98 Å². The van der Waals surface area contributed by atoms with Gasteiger partial charge < -0.3 is 10.2 Å². The summed E-state index contributed by atoms with van der Waals surface area (Å²) in [7, 11) is 0. The summed E-state index contributed by atoms with van der Waals surface area (Å²) in [5.74, 6) is 0.822. The lowest BCUT2D eigenvalue weighted by molar-refractivity contribution is 0.586. The van der Waals surface area contributed by atoms with Gasteiger partial charge >= 0.3 is 0 Å². The van der Waals surface area contributed by atoms with Gasteiger partial charge in [-0.25, -0.2) is 4.98 Å². The first kappa shape index (κ1) is 13.3. The molecule has 0 aromatic carbocycles. The Hall–Kier alpha value is -2.13. The Balaban J connectivity index is 2.28. The Morgan fingerprint density at radius 1 is 1.58 bits per heavy atom. The smallest absolute Gasteiger partial charge is 0.226 e. The molecule has 0 saturated heterocycles. The summed E-state index contributed by atoms with van der Waals surface area (Å²) in [4.78, 5) is 4.20. The van der Waals surface area contributed by atoms with Crippen molar-refractivity contribution in [2.45, 2.75) is 19.4 Å². The van der Waals surface area contributed by atoms with Crippen LogP contribution in [0.4, 0.5) is 0 Å². The molecule has 0 amide bonds. The molecule has 0 fully saturated rings. The van der Waals surface area contributed by atoms with E-state index in [0.717, 1.165) is 23.1 Å². The molecule has 3 heteroatoms. The van der Waals surface area contributed by atoms with E-state index < -0.39 is 0 Å². The van der Waals surface area contributed by atoms with Crippen LogP contribution < -0.4 is 5.73 Å². The summed E-state index contributed by atoms with van der Waals surface area (Å²) in [5, 5.41) is 1.00. The fourth-order valence-electron chi connectivity index (χ4n) is 1.83. The lowest BCUT2D eigenvalue weighted by Crippen LogP contribution is -2.09. The quantitative estimate of drug-likeness (QED) is 0.654. The Bertz CT molecular complexity index is 587. The molecule has 0 radical (unpaired) electrons. The first-order valence-corrected chi connectivity index (χ1v) is 6.29. The van der Waals surface area contributed by atoms with Gasteiger partial charge in [0, 0.05) is 17.6 Å². The molecule has 2 aromatic heterocycles. The molecule has 2 aromatic rings. The molecule has 1 unspecified atom stereocenters. The summed E-state index contributed by atoms with van der Waals surface area (Å²) < 4.78 is 5.75. The predicted octanol–water partition coefficient (Wildman–Crippen LogP) is 3.69.